The molecule has 2 aromatic rings. The molecule has 6 heteroatoms. The third-order valence-corrected chi connectivity index (χ3v) is 4.28. The fourth-order valence-corrected chi connectivity index (χ4v) is 3.03. The second-order valence-corrected chi connectivity index (χ2v) is 5.79. The van der Waals surface area contributed by atoms with Crippen LogP contribution in [0.2, 0.25) is 0 Å². The second kappa shape index (κ2) is 5.54. The second-order valence-electron chi connectivity index (χ2n) is 5.79. The van der Waals surface area contributed by atoms with Crippen LogP contribution in [0.5, 0.6) is 0 Å². The number of hydrogen-bond donors (Lipinski definition) is 1. The van der Waals surface area contributed by atoms with Crippen LogP contribution in [0.3, 0.4) is 0 Å². The van der Waals surface area contributed by atoms with Crippen molar-refractivity contribution in [2.24, 2.45) is 5.92 Å². The van der Waals surface area contributed by atoms with Gasteiger partial charge in [-0.1, -0.05) is 18.2 Å². The Morgan fingerprint density at radius 3 is 2.86 bits per heavy atom. The summed E-state index contributed by atoms with van der Waals surface area (Å²) in [5.74, 6) is 1.60. The van der Waals surface area contributed by atoms with E-state index < -0.39 is 0 Å². The molecule has 4 rings (SSSR count). The summed E-state index contributed by atoms with van der Waals surface area (Å²) in [6, 6.07) is 10.4. The van der Waals surface area contributed by atoms with Crippen molar-refractivity contribution < 1.29 is 4.74 Å². The average Bonchev–Trinajstić information content (AvgIpc) is 3.09. The summed E-state index contributed by atoms with van der Waals surface area (Å²) in [5.41, 5.74) is 0.987. The normalized spacial score (nSPS) is 25.3. The zero-order valence-electron chi connectivity index (χ0n) is 11.9. The zero-order chi connectivity index (χ0) is 14.1. The van der Waals surface area contributed by atoms with Crippen molar-refractivity contribution >= 4 is 0 Å². The minimum absolute atomic E-state index is 0.381. The van der Waals surface area contributed by atoms with Crippen molar-refractivity contribution in [3.05, 3.63) is 36.2 Å². The molecule has 1 saturated carbocycles. The quantitative estimate of drug-likeness (QED) is 0.897. The molecule has 110 valence electrons. The minimum Gasteiger partial charge on any atom is -0.376 e. The molecule has 1 N–H and O–H groups in total. The van der Waals surface area contributed by atoms with E-state index in [-0.39, 0.29) is 0 Å². The molecule has 0 radical (unpaired) electrons. The molecule has 1 aliphatic carbocycles. The Hall–Kier alpha value is -1.79. The van der Waals surface area contributed by atoms with Crippen LogP contribution < -0.4 is 5.32 Å². The number of nitrogens with one attached hydrogen (secondary N) is 1. The van der Waals surface area contributed by atoms with Crippen molar-refractivity contribution in [1.29, 1.82) is 0 Å². The van der Waals surface area contributed by atoms with Crippen LogP contribution >= 0.6 is 0 Å². The summed E-state index contributed by atoms with van der Waals surface area (Å²) in [6.45, 7) is 1.53. The van der Waals surface area contributed by atoms with Crippen LogP contribution in [0.1, 0.15) is 25.1 Å². The van der Waals surface area contributed by atoms with E-state index in [4.69, 9.17) is 4.74 Å². The highest BCUT2D eigenvalue weighted by Crippen LogP contribution is 2.38. The van der Waals surface area contributed by atoms with Gasteiger partial charge in [-0.25, -0.2) is 0 Å². The average molecular weight is 285 g/mol. The van der Waals surface area contributed by atoms with Crippen molar-refractivity contribution in [2.45, 2.75) is 38.0 Å². The lowest BCUT2D eigenvalue weighted by Crippen LogP contribution is -2.37. The van der Waals surface area contributed by atoms with Gasteiger partial charge in [0, 0.05) is 12.6 Å². The molecule has 2 heterocycles. The van der Waals surface area contributed by atoms with Gasteiger partial charge >= 0.3 is 0 Å². The number of rotatable bonds is 5. The van der Waals surface area contributed by atoms with Gasteiger partial charge in [-0.05, 0) is 47.7 Å². The molecule has 2 fully saturated rings. The molecular formula is C15H19N5O. The first-order chi connectivity index (χ1) is 10.4. The van der Waals surface area contributed by atoms with E-state index in [0.717, 1.165) is 30.5 Å². The molecule has 1 aliphatic heterocycles. The van der Waals surface area contributed by atoms with Gasteiger partial charge in [0.05, 0.1) is 18.3 Å². The fraction of sp³-hybridized carbons (Fsp3) is 0.533. The first kappa shape index (κ1) is 12.9. The molecule has 1 aromatic heterocycles. The third kappa shape index (κ3) is 2.69. The molecule has 2 atom stereocenters. The van der Waals surface area contributed by atoms with E-state index in [1.165, 1.54) is 12.8 Å². The first-order valence-electron chi connectivity index (χ1n) is 7.59. The molecule has 21 heavy (non-hydrogen) atoms. The molecule has 1 saturated heterocycles. The summed E-state index contributed by atoms with van der Waals surface area (Å²) in [6.07, 6.45) is 4.08. The zero-order valence-corrected chi connectivity index (χ0v) is 11.9. The summed E-state index contributed by atoms with van der Waals surface area (Å²) < 4.78 is 7.64. The van der Waals surface area contributed by atoms with Gasteiger partial charge in [-0.15, -0.1) is 5.10 Å². The lowest BCUT2D eigenvalue weighted by molar-refractivity contribution is 0.0807. The van der Waals surface area contributed by atoms with E-state index in [0.29, 0.717) is 18.7 Å². The van der Waals surface area contributed by atoms with Crippen LogP contribution in [0.25, 0.3) is 5.69 Å². The minimum atomic E-state index is 0.381. The Labute approximate surface area is 123 Å². The largest absolute Gasteiger partial charge is 0.376 e. The Kier molecular flexibility index (Phi) is 3.40. The number of nitrogens with zero attached hydrogens (tertiary/aromatic N) is 4. The maximum absolute atomic E-state index is 5.85. The highest BCUT2D eigenvalue weighted by atomic mass is 16.5. The monoisotopic (exact) mass is 285 g/mol. The lowest BCUT2D eigenvalue weighted by Gasteiger charge is -2.19. The smallest absolute Gasteiger partial charge is 0.170 e. The number of hydrogen-bond acceptors (Lipinski definition) is 5. The molecule has 0 bridgehead atoms. The van der Waals surface area contributed by atoms with Crippen LogP contribution in [0, 0.1) is 5.92 Å². The Morgan fingerprint density at radius 2 is 2.05 bits per heavy atom. The predicted octanol–water partition coefficient (Wildman–Crippen LogP) is 1.32. The van der Waals surface area contributed by atoms with Gasteiger partial charge in [0.1, 0.15) is 0 Å². The van der Waals surface area contributed by atoms with Gasteiger partial charge in [-0.3, -0.25) is 0 Å². The van der Waals surface area contributed by atoms with E-state index in [1.54, 1.807) is 4.68 Å². The van der Waals surface area contributed by atoms with E-state index in [2.05, 4.69) is 20.8 Å². The number of benzene rings is 1. The van der Waals surface area contributed by atoms with Crippen LogP contribution in [0.4, 0.5) is 0 Å². The van der Waals surface area contributed by atoms with Gasteiger partial charge in [0.2, 0.25) is 0 Å². The topological polar surface area (TPSA) is 64.9 Å². The third-order valence-electron chi connectivity index (χ3n) is 4.28. The van der Waals surface area contributed by atoms with E-state index in [9.17, 15) is 0 Å². The molecule has 0 amide bonds. The maximum atomic E-state index is 5.85. The van der Waals surface area contributed by atoms with Crippen molar-refractivity contribution in [3.63, 3.8) is 0 Å². The highest BCUT2D eigenvalue weighted by Gasteiger charge is 2.40. The molecule has 6 nitrogen and oxygen atoms in total. The summed E-state index contributed by atoms with van der Waals surface area (Å²) >= 11 is 0. The fourth-order valence-electron chi connectivity index (χ4n) is 3.03. The molecule has 2 aliphatic rings. The van der Waals surface area contributed by atoms with Gasteiger partial charge in [0.15, 0.2) is 5.82 Å². The van der Waals surface area contributed by atoms with Crippen molar-refractivity contribution in [1.82, 2.24) is 25.5 Å². The maximum Gasteiger partial charge on any atom is 0.170 e. The SMILES string of the molecule is c1ccc(-n2nnnc2CNC2CCOC2C2CC2)cc1. The van der Waals surface area contributed by atoms with Gasteiger partial charge < -0.3 is 10.1 Å². The van der Waals surface area contributed by atoms with Crippen LogP contribution in [-0.2, 0) is 11.3 Å². The lowest BCUT2D eigenvalue weighted by atomic mass is 10.1. The predicted molar refractivity (Wildman–Crippen MR) is 76.9 cm³/mol. The number of tetrazole rings is 1. The van der Waals surface area contributed by atoms with E-state index in [1.807, 2.05) is 30.3 Å². The summed E-state index contributed by atoms with van der Waals surface area (Å²) in [7, 11) is 0. The number of aromatic nitrogens is 4. The standard InChI is InChI=1S/C15H19N5O/c1-2-4-12(5-3-1)20-14(17-18-19-20)10-16-13-8-9-21-15(13)11-6-7-11/h1-5,11,13,15-16H,6-10H2. The number of ether oxygens (including phenoxy) is 1. The number of para-hydroxylation sites is 1. The molecule has 0 spiro atoms. The summed E-state index contributed by atoms with van der Waals surface area (Å²) in [4.78, 5) is 0. The van der Waals surface area contributed by atoms with Gasteiger partial charge in [-0.2, -0.15) is 4.68 Å². The Morgan fingerprint density at radius 1 is 1.19 bits per heavy atom. The van der Waals surface area contributed by atoms with Gasteiger partial charge in [0.25, 0.3) is 0 Å². The molecule has 1 aromatic carbocycles. The van der Waals surface area contributed by atoms with Crippen LogP contribution in [-0.4, -0.2) is 39.0 Å². The molecule has 2 unspecified atom stereocenters. The van der Waals surface area contributed by atoms with E-state index >= 15 is 0 Å². The van der Waals surface area contributed by atoms with Crippen molar-refractivity contribution in [2.75, 3.05) is 6.61 Å². The molecular weight excluding hydrogens is 266 g/mol. The van der Waals surface area contributed by atoms with Crippen molar-refractivity contribution in [3.8, 4) is 5.69 Å². The van der Waals surface area contributed by atoms with Crippen LogP contribution in [0.15, 0.2) is 30.3 Å². The Balaban J connectivity index is 1.45. The Bertz CT molecular complexity index is 595. The highest BCUT2D eigenvalue weighted by molar-refractivity contribution is 5.30. The summed E-state index contributed by atoms with van der Waals surface area (Å²) in [5, 5.41) is 15.6. The first-order valence-corrected chi connectivity index (χ1v) is 7.59.